The van der Waals surface area contributed by atoms with E-state index in [0.717, 1.165) is 5.39 Å². The van der Waals surface area contributed by atoms with E-state index in [0.29, 0.717) is 10.9 Å². The van der Waals surface area contributed by atoms with Crippen LogP contribution in [0, 0.1) is 0 Å². The minimum atomic E-state index is -4.43. The van der Waals surface area contributed by atoms with Crippen LogP contribution in [0.1, 0.15) is 40.1 Å². The Hall–Kier alpha value is -3.37. The van der Waals surface area contributed by atoms with E-state index >= 15 is 0 Å². The maximum atomic E-state index is 14.8. The molecular weight excluding hydrogens is 459 g/mol. The van der Waals surface area contributed by atoms with Crippen LogP contribution in [-0.4, -0.2) is 24.8 Å². The van der Waals surface area contributed by atoms with Crippen molar-refractivity contribution in [2.75, 3.05) is 13.2 Å². The smallest absolute Gasteiger partial charge is 0.308 e. The average molecular weight is 487 g/mol. The Bertz CT molecular complexity index is 1320. The van der Waals surface area contributed by atoms with Gasteiger partial charge >= 0.3 is 7.60 Å². The van der Waals surface area contributed by atoms with E-state index in [1.807, 2.05) is 30.3 Å². The van der Waals surface area contributed by atoms with E-state index in [-0.39, 0.29) is 24.3 Å². The second-order valence-electron chi connectivity index (χ2n) is 7.96. The molecule has 0 saturated heterocycles. The Kier molecular flexibility index (Phi) is 7.42. The summed E-state index contributed by atoms with van der Waals surface area (Å²) in [4.78, 5) is 29.1. The number of fused-ring (bicyclic) bond motifs is 1. The predicted octanol–water partition coefficient (Wildman–Crippen LogP) is 7.07. The maximum Gasteiger partial charge on any atom is 0.356 e. The molecule has 0 fully saturated rings. The van der Waals surface area contributed by atoms with Gasteiger partial charge in [-0.05, 0) is 30.2 Å². The lowest BCUT2D eigenvalue weighted by atomic mass is 9.81. The first kappa shape index (κ1) is 24.7. The molecule has 0 aliphatic carbocycles. The maximum absolute atomic E-state index is 14.8. The molecule has 0 atom stereocenters. The molecule has 0 radical (unpaired) electrons. The second-order valence-corrected chi connectivity index (χ2v) is 10.1. The van der Waals surface area contributed by atoms with Crippen LogP contribution in [0.15, 0.2) is 103 Å². The van der Waals surface area contributed by atoms with Crippen LogP contribution in [0.25, 0.3) is 10.8 Å². The van der Waals surface area contributed by atoms with Crippen molar-refractivity contribution in [1.82, 2.24) is 0 Å². The molecule has 0 N–H and O–H groups in total. The van der Waals surface area contributed by atoms with Crippen molar-refractivity contribution < 1.29 is 23.2 Å². The van der Waals surface area contributed by atoms with Gasteiger partial charge in [0.2, 0.25) is 5.16 Å². The highest BCUT2D eigenvalue weighted by atomic mass is 31.2. The molecule has 0 bridgehead atoms. The molecule has 0 amide bonds. The summed E-state index contributed by atoms with van der Waals surface area (Å²) in [5, 5.41) is -0.832. The number of hydrogen-bond acceptors (Lipinski definition) is 5. The summed E-state index contributed by atoms with van der Waals surface area (Å²) in [7, 11) is -4.43. The molecule has 4 aromatic carbocycles. The van der Waals surface area contributed by atoms with Crippen molar-refractivity contribution in [2.45, 2.75) is 19.0 Å². The van der Waals surface area contributed by atoms with Crippen LogP contribution in [0.3, 0.4) is 0 Å². The van der Waals surface area contributed by atoms with Gasteiger partial charge in [0, 0.05) is 11.1 Å². The third-order valence-electron chi connectivity index (χ3n) is 5.92. The minimum absolute atomic E-state index is 0.00602. The van der Waals surface area contributed by atoms with Crippen LogP contribution < -0.4 is 0 Å². The van der Waals surface area contributed by atoms with Gasteiger partial charge < -0.3 is 9.05 Å². The van der Waals surface area contributed by atoms with Gasteiger partial charge in [-0.25, -0.2) is 0 Å². The van der Waals surface area contributed by atoms with Crippen molar-refractivity contribution >= 4 is 29.9 Å². The number of ketones is 2. The van der Waals surface area contributed by atoms with Gasteiger partial charge in [-0.3, -0.25) is 14.2 Å². The quantitative estimate of drug-likeness (QED) is 0.136. The molecule has 0 saturated carbocycles. The van der Waals surface area contributed by atoms with Crippen LogP contribution in [0.2, 0.25) is 0 Å². The van der Waals surface area contributed by atoms with Gasteiger partial charge in [0.25, 0.3) is 0 Å². The van der Waals surface area contributed by atoms with Crippen LogP contribution >= 0.6 is 7.60 Å². The Morgan fingerprint density at radius 1 is 0.657 bits per heavy atom. The van der Waals surface area contributed by atoms with E-state index in [2.05, 4.69) is 0 Å². The highest BCUT2D eigenvalue weighted by Gasteiger charge is 2.64. The largest absolute Gasteiger partial charge is 0.356 e. The van der Waals surface area contributed by atoms with Gasteiger partial charge in [0.05, 0.1) is 13.2 Å². The fourth-order valence-electron chi connectivity index (χ4n) is 4.45. The Balaban J connectivity index is 2.20. The summed E-state index contributed by atoms with van der Waals surface area (Å²) in [6, 6.07) is 29.6. The van der Waals surface area contributed by atoms with Crippen LogP contribution in [-0.2, 0) is 18.8 Å². The van der Waals surface area contributed by atoms with Crippen molar-refractivity contribution in [2.24, 2.45) is 0 Å². The summed E-state index contributed by atoms with van der Waals surface area (Å²) in [6.45, 7) is 3.32. The van der Waals surface area contributed by atoms with Gasteiger partial charge in [-0.15, -0.1) is 0 Å². The molecule has 0 spiro atoms. The lowest BCUT2D eigenvalue weighted by Crippen LogP contribution is -2.45. The van der Waals surface area contributed by atoms with E-state index < -0.39 is 24.3 Å². The molecule has 0 heterocycles. The summed E-state index contributed by atoms with van der Waals surface area (Å²) >= 11 is 0. The normalized spacial score (nSPS) is 11.9. The monoisotopic (exact) mass is 486 g/mol. The topological polar surface area (TPSA) is 69.7 Å². The molecule has 35 heavy (non-hydrogen) atoms. The third kappa shape index (κ3) is 4.28. The minimum Gasteiger partial charge on any atom is -0.308 e. The Morgan fingerprint density at radius 2 is 1.11 bits per heavy atom. The first-order chi connectivity index (χ1) is 17.0. The van der Waals surface area contributed by atoms with Gasteiger partial charge in [-0.2, -0.15) is 0 Å². The van der Waals surface area contributed by atoms with E-state index in [1.165, 1.54) is 0 Å². The van der Waals surface area contributed by atoms with Crippen molar-refractivity contribution in [3.05, 3.63) is 120 Å². The summed E-state index contributed by atoms with van der Waals surface area (Å²) in [5.41, 5.74) is 0.775. The highest BCUT2D eigenvalue weighted by Crippen LogP contribution is 2.68. The average Bonchev–Trinajstić information content (AvgIpc) is 2.90. The summed E-state index contributed by atoms with van der Waals surface area (Å²) in [5.74, 6) is -1.26. The van der Waals surface area contributed by atoms with Gasteiger partial charge in [-0.1, -0.05) is 103 Å². The van der Waals surface area contributed by atoms with Gasteiger partial charge in [0.15, 0.2) is 11.6 Å². The fraction of sp³-hybridized carbons (Fsp3) is 0.172. The zero-order chi connectivity index (χ0) is 24.9. The number of hydrogen-bond donors (Lipinski definition) is 0. The lowest BCUT2D eigenvalue weighted by Gasteiger charge is -2.37. The van der Waals surface area contributed by atoms with Crippen molar-refractivity contribution in [1.29, 1.82) is 0 Å². The van der Waals surface area contributed by atoms with Crippen LogP contribution in [0.4, 0.5) is 0 Å². The fourth-order valence-corrected chi connectivity index (χ4v) is 6.84. The van der Waals surface area contributed by atoms with Gasteiger partial charge in [0.1, 0.15) is 0 Å². The molecule has 178 valence electrons. The zero-order valence-electron chi connectivity index (χ0n) is 19.7. The Morgan fingerprint density at radius 3 is 1.63 bits per heavy atom. The number of carbonyl (C=O) groups excluding carboxylic acids is 2. The highest BCUT2D eigenvalue weighted by molar-refractivity contribution is 7.57. The zero-order valence-corrected chi connectivity index (χ0v) is 20.6. The van der Waals surface area contributed by atoms with Crippen LogP contribution in [0.5, 0.6) is 0 Å². The van der Waals surface area contributed by atoms with E-state index in [1.54, 1.807) is 86.6 Å². The molecule has 6 heteroatoms. The third-order valence-corrected chi connectivity index (χ3v) is 8.58. The number of Topliss-reactive ketones (excluding diaryl/α,β-unsaturated/α-hetero) is 2. The lowest BCUT2D eigenvalue weighted by molar-refractivity contribution is 0.0787. The van der Waals surface area contributed by atoms with Crippen molar-refractivity contribution in [3.63, 3.8) is 0 Å². The first-order valence-electron chi connectivity index (χ1n) is 11.6. The molecular formula is C29H27O5P. The molecule has 0 aliphatic rings. The first-order valence-corrected chi connectivity index (χ1v) is 13.1. The molecule has 0 aliphatic heterocycles. The molecule has 4 aromatic rings. The predicted molar refractivity (Wildman–Crippen MR) is 138 cm³/mol. The number of rotatable bonds is 10. The number of benzene rings is 4. The summed E-state index contributed by atoms with van der Waals surface area (Å²) in [6.07, 6.45) is 0. The molecule has 5 nitrogen and oxygen atoms in total. The number of carbonyl (C=O) groups is 2. The summed E-state index contributed by atoms with van der Waals surface area (Å²) < 4.78 is 26.5. The second kappa shape index (κ2) is 10.5. The molecule has 0 unspecified atom stereocenters. The Labute approximate surface area is 205 Å². The SMILES string of the molecule is CCOP(=O)(OCC)C(C(=O)c1ccccc1)(C(=O)c1ccccc1)c1cccc2ccccc12. The van der Waals surface area contributed by atoms with E-state index in [4.69, 9.17) is 9.05 Å². The molecule has 0 aromatic heterocycles. The molecule has 4 rings (SSSR count). The standard InChI is InChI=1S/C29H27O5P/c1-3-33-35(32,34-4-2)29(27(30)23-15-7-5-8-16-23,28(31)24-17-9-6-10-18-24)26-21-13-19-22-14-11-12-20-25(22)26/h5-21H,3-4H2,1-2H3. The van der Waals surface area contributed by atoms with E-state index in [9.17, 15) is 14.2 Å². The van der Waals surface area contributed by atoms with Crippen molar-refractivity contribution in [3.8, 4) is 0 Å².